The topological polar surface area (TPSA) is 137 Å². The second kappa shape index (κ2) is 13.8. The molecule has 2 amide bonds. The third kappa shape index (κ3) is 6.91. The molecule has 0 radical (unpaired) electrons. The van der Waals surface area contributed by atoms with E-state index in [1.807, 2.05) is 24.8 Å². The van der Waals surface area contributed by atoms with E-state index < -0.39 is 10.8 Å². The number of nitrogens with zero attached hydrogens (tertiary/aromatic N) is 2. The lowest BCUT2D eigenvalue weighted by Crippen LogP contribution is -2.43. The molecule has 0 spiro atoms. The number of aromatic nitrogens is 1. The first-order valence-corrected chi connectivity index (χ1v) is 17.0. The maximum Gasteiger partial charge on any atom is 0.256 e. The molecule has 0 aliphatic carbocycles. The van der Waals surface area contributed by atoms with Crippen molar-refractivity contribution in [1.29, 1.82) is 0 Å². The zero-order chi connectivity index (χ0) is 31.1. The predicted octanol–water partition coefficient (Wildman–Crippen LogP) is 4.51. The summed E-state index contributed by atoms with van der Waals surface area (Å²) in [5, 5.41) is 13.7. The Bertz CT molecular complexity index is 1670. The van der Waals surface area contributed by atoms with Crippen molar-refractivity contribution in [2.24, 2.45) is 0 Å². The van der Waals surface area contributed by atoms with Crippen LogP contribution in [0.5, 0.6) is 0 Å². The molecule has 2 fully saturated rings. The van der Waals surface area contributed by atoms with Gasteiger partial charge in [0.05, 0.1) is 34.7 Å². The Hall–Kier alpha value is -2.99. The van der Waals surface area contributed by atoms with Crippen molar-refractivity contribution in [3.8, 4) is 0 Å². The third-order valence-corrected chi connectivity index (χ3v) is 11.1. The van der Waals surface area contributed by atoms with E-state index in [0.29, 0.717) is 43.9 Å². The fourth-order valence-corrected chi connectivity index (χ4v) is 8.49. The average Bonchev–Trinajstić information content (AvgIpc) is 3.75. The fourth-order valence-electron chi connectivity index (χ4n) is 6.59. The molecule has 3 aromatic rings. The van der Waals surface area contributed by atoms with Gasteiger partial charge in [-0.2, -0.15) is 0 Å². The maximum absolute atomic E-state index is 13.5. The van der Waals surface area contributed by atoms with Gasteiger partial charge in [0.1, 0.15) is 0 Å². The Balaban J connectivity index is 0.00000400. The number of amides is 2. The van der Waals surface area contributed by atoms with Gasteiger partial charge >= 0.3 is 0 Å². The summed E-state index contributed by atoms with van der Waals surface area (Å²) in [6, 6.07) is 10.6. The molecule has 0 bridgehead atoms. The van der Waals surface area contributed by atoms with Crippen LogP contribution in [0.25, 0.3) is 11.6 Å². The van der Waals surface area contributed by atoms with Crippen molar-refractivity contribution in [2.75, 3.05) is 31.5 Å². The minimum Gasteiger partial charge on any atom is -0.412 e. The number of aryl methyl sites for hydroxylation is 1. The van der Waals surface area contributed by atoms with Gasteiger partial charge in [0, 0.05) is 75.4 Å². The number of nitrogens with one attached hydrogen (secondary N) is 2. The van der Waals surface area contributed by atoms with E-state index in [-0.39, 0.29) is 41.6 Å². The average molecular weight is 674 g/mol. The molecule has 4 heterocycles. The lowest BCUT2D eigenvalue weighted by Gasteiger charge is -2.28. The molecule has 240 valence electrons. The van der Waals surface area contributed by atoms with Crippen molar-refractivity contribution in [1.82, 2.24) is 14.8 Å². The van der Waals surface area contributed by atoms with Gasteiger partial charge in [-0.15, -0.1) is 0 Å². The Morgan fingerprint density at radius 2 is 1.87 bits per heavy atom. The van der Waals surface area contributed by atoms with Crippen LogP contribution in [0.1, 0.15) is 52.9 Å². The molecule has 9 nitrogen and oxygen atoms in total. The summed E-state index contributed by atoms with van der Waals surface area (Å²) in [4.78, 5) is 34.8. The quantitative estimate of drug-likeness (QED) is 0.302. The summed E-state index contributed by atoms with van der Waals surface area (Å²) in [5.74, 6) is 0.0154. The SMILES string of the molecule is Cc1[nH]c(/C=C2\C(=O)Nc3ccc(S(=O)Cc4c(Cl)cccc4Cl)cc32)c(C)c1CC(=O)N1CCC[C@H]1CN1CC[C@@H](O)C1.O. The molecule has 6 rings (SSSR count). The number of likely N-dealkylation sites (tertiary alicyclic amines) is 2. The number of rotatable bonds is 8. The summed E-state index contributed by atoms with van der Waals surface area (Å²) < 4.78 is 13.3. The molecule has 2 saturated heterocycles. The smallest absolute Gasteiger partial charge is 0.256 e. The van der Waals surface area contributed by atoms with Crippen LogP contribution in [0, 0.1) is 13.8 Å². The van der Waals surface area contributed by atoms with Crippen LogP contribution >= 0.6 is 23.2 Å². The van der Waals surface area contributed by atoms with E-state index in [1.165, 1.54) is 0 Å². The lowest BCUT2D eigenvalue weighted by atomic mass is 10.0. The number of halogens is 2. The minimum absolute atomic E-state index is 0. The van der Waals surface area contributed by atoms with E-state index in [9.17, 15) is 18.9 Å². The number of aliphatic hydroxyl groups excluding tert-OH is 1. The fraction of sp³-hybridized carbons (Fsp3) is 0.394. The molecule has 12 heteroatoms. The second-order valence-corrected chi connectivity index (χ2v) is 14.2. The zero-order valence-electron chi connectivity index (χ0n) is 25.3. The first-order valence-electron chi connectivity index (χ1n) is 15.0. The van der Waals surface area contributed by atoms with Crippen molar-refractivity contribution in [3.05, 3.63) is 80.1 Å². The maximum atomic E-state index is 13.5. The summed E-state index contributed by atoms with van der Waals surface area (Å²) in [7, 11) is -1.44. The van der Waals surface area contributed by atoms with Gasteiger partial charge in [-0.25, -0.2) is 0 Å². The number of carbonyl (C=O) groups is 2. The molecular formula is C33H38Cl2N4O5S. The van der Waals surface area contributed by atoms with Crippen LogP contribution < -0.4 is 5.32 Å². The number of β-amino-alcohol motifs (C(OH)–C–C–N with tert-alkyl or cyclic N) is 1. The normalized spacial score (nSPS) is 21.2. The predicted molar refractivity (Wildman–Crippen MR) is 179 cm³/mol. The highest BCUT2D eigenvalue weighted by Gasteiger charge is 2.33. The molecule has 45 heavy (non-hydrogen) atoms. The highest BCUT2D eigenvalue weighted by atomic mass is 35.5. The Morgan fingerprint density at radius 3 is 2.58 bits per heavy atom. The number of carbonyl (C=O) groups excluding carboxylic acids is 2. The highest BCUT2D eigenvalue weighted by molar-refractivity contribution is 7.84. The number of H-pyrrole nitrogens is 1. The molecule has 3 aliphatic heterocycles. The summed E-state index contributed by atoms with van der Waals surface area (Å²) in [5.41, 5.74) is 5.93. The van der Waals surface area contributed by atoms with E-state index in [1.54, 1.807) is 36.4 Å². The van der Waals surface area contributed by atoms with Gasteiger partial charge in [0.15, 0.2) is 0 Å². The Morgan fingerprint density at radius 1 is 1.11 bits per heavy atom. The van der Waals surface area contributed by atoms with Gasteiger partial charge < -0.3 is 25.8 Å². The first kappa shape index (κ1) is 33.4. The Labute approximate surface area is 275 Å². The van der Waals surface area contributed by atoms with Gasteiger partial charge in [-0.05, 0) is 80.6 Å². The number of hydrogen-bond donors (Lipinski definition) is 3. The first-order chi connectivity index (χ1) is 21.1. The largest absolute Gasteiger partial charge is 0.412 e. The second-order valence-electron chi connectivity index (χ2n) is 11.9. The molecular weight excluding hydrogens is 635 g/mol. The molecule has 1 unspecified atom stereocenters. The van der Waals surface area contributed by atoms with E-state index in [0.717, 1.165) is 61.4 Å². The van der Waals surface area contributed by atoms with Crippen LogP contribution in [0.4, 0.5) is 5.69 Å². The number of anilines is 1. The van der Waals surface area contributed by atoms with E-state index in [2.05, 4.69) is 15.2 Å². The molecule has 3 atom stereocenters. The number of hydrogen-bond acceptors (Lipinski definition) is 5. The van der Waals surface area contributed by atoms with Gasteiger partial charge in [0.25, 0.3) is 5.91 Å². The third-order valence-electron chi connectivity index (χ3n) is 9.04. The standard InChI is InChI=1S/C33H36Cl2N4O4S.H2O/c1-19-24(15-32(41)39-11-4-5-21(39)16-38-12-10-22(40)17-38)20(2)36-31(19)14-26-25-13-23(8-9-30(25)37-33(26)42)44(43)18-27-28(34)6-3-7-29(27)35;/h3,6-9,13-14,21-22,36,40H,4-5,10-12,15-18H2,1-2H3,(H,37,42);1H2/b26-14-;/t21-,22+,44?;/m0./s1. The minimum atomic E-state index is -1.44. The van der Waals surface area contributed by atoms with Gasteiger partial charge in [0.2, 0.25) is 5.91 Å². The Kier molecular flexibility index (Phi) is 10.2. The van der Waals surface area contributed by atoms with Gasteiger partial charge in [-0.3, -0.25) is 18.7 Å². The zero-order valence-corrected chi connectivity index (χ0v) is 27.6. The number of benzene rings is 2. The van der Waals surface area contributed by atoms with Crippen molar-refractivity contribution in [3.63, 3.8) is 0 Å². The van der Waals surface area contributed by atoms with Crippen LogP contribution in [0.2, 0.25) is 10.0 Å². The molecule has 1 aromatic heterocycles. The van der Waals surface area contributed by atoms with Crippen molar-refractivity contribution < 1.29 is 24.4 Å². The number of aromatic amines is 1. The molecule has 5 N–H and O–H groups in total. The van der Waals surface area contributed by atoms with Gasteiger partial charge in [-0.1, -0.05) is 29.3 Å². The molecule has 2 aromatic carbocycles. The van der Waals surface area contributed by atoms with Crippen molar-refractivity contribution >= 4 is 63.2 Å². The van der Waals surface area contributed by atoms with Crippen molar-refractivity contribution in [2.45, 2.75) is 62.3 Å². The van der Waals surface area contributed by atoms with Crippen LogP contribution in [0.15, 0.2) is 41.3 Å². The summed E-state index contributed by atoms with van der Waals surface area (Å²) in [6.07, 6.45) is 4.59. The highest BCUT2D eigenvalue weighted by Crippen LogP contribution is 2.36. The van der Waals surface area contributed by atoms with E-state index in [4.69, 9.17) is 23.2 Å². The number of aliphatic hydroxyl groups is 1. The van der Waals surface area contributed by atoms with Crippen LogP contribution in [0.3, 0.4) is 0 Å². The lowest BCUT2D eigenvalue weighted by molar-refractivity contribution is -0.131. The monoisotopic (exact) mass is 672 g/mol. The van der Waals surface area contributed by atoms with Crippen LogP contribution in [-0.4, -0.2) is 79.7 Å². The number of fused-ring (bicyclic) bond motifs is 1. The molecule has 0 saturated carbocycles. The molecule has 3 aliphatic rings. The van der Waals surface area contributed by atoms with Crippen LogP contribution in [-0.2, 0) is 32.6 Å². The summed E-state index contributed by atoms with van der Waals surface area (Å²) >= 11 is 12.6. The summed E-state index contributed by atoms with van der Waals surface area (Å²) in [6.45, 7) is 7.03. The van der Waals surface area contributed by atoms with E-state index >= 15 is 0 Å².